The van der Waals surface area contributed by atoms with E-state index in [0.29, 0.717) is 19.0 Å². The van der Waals surface area contributed by atoms with Crippen LogP contribution in [0.5, 0.6) is 5.75 Å². The van der Waals surface area contributed by atoms with E-state index in [1.165, 1.54) is 0 Å². The maximum Gasteiger partial charge on any atom is 0.328 e. The standard InChI is InChI=1S/C26H20N2O6/c29-24-18-6-1-2-7-19(18)25(30)28(24)23(26(31)32)12-27-21-8-4-3-5-17(21)20-11-15(9-10-22(20)27)33-13-16-14-34-16/h1-11,16,23H,12-14H2,(H,31,32). The molecule has 0 bridgehead atoms. The first-order chi connectivity index (χ1) is 16.5. The lowest BCUT2D eigenvalue weighted by Gasteiger charge is -2.24. The van der Waals surface area contributed by atoms with Gasteiger partial charge >= 0.3 is 5.97 Å². The number of hydrogen-bond acceptors (Lipinski definition) is 5. The molecule has 3 aromatic carbocycles. The molecule has 2 amide bonds. The summed E-state index contributed by atoms with van der Waals surface area (Å²) in [5.41, 5.74) is 2.05. The number of ether oxygens (including phenoxy) is 2. The van der Waals surface area contributed by atoms with Gasteiger partial charge in [0.25, 0.3) is 11.8 Å². The van der Waals surface area contributed by atoms with Crippen molar-refractivity contribution in [2.45, 2.75) is 18.7 Å². The van der Waals surface area contributed by atoms with Crippen LogP contribution in [0.1, 0.15) is 20.7 Å². The molecule has 6 rings (SSSR count). The Morgan fingerprint density at radius 2 is 1.62 bits per heavy atom. The molecule has 3 heterocycles. The summed E-state index contributed by atoms with van der Waals surface area (Å²) < 4.78 is 12.9. The fraction of sp³-hybridized carbons (Fsp3) is 0.192. The summed E-state index contributed by atoms with van der Waals surface area (Å²) in [4.78, 5) is 39.2. The molecular formula is C26H20N2O6. The van der Waals surface area contributed by atoms with E-state index in [0.717, 1.165) is 26.7 Å². The predicted molar refractivity (Wildman–Crippen MR) is 123 cm³/mol. The van der Waals surface area contributed by atoms with Gasteiger partial charge in [0.05, 0.1) is 24.3 Å². The van der Waals surface area contributed by atoms with E-state index >= 15 is 0 Å². The third kappa shape index (κ3) is 3.22. The lowest BCUT2D eigenvalue weighted by molar-refractivity contribution is -0.142. The highest BCUT2D eigenvalue weighted by atomic mass is 16.6. The molecule has 2 aliphatic rings. The van der Waals surface area contributed by atoms with Gasteiger partial charge in [-0.05, 0) is 36.4 Å². The van der Waals surface area contributed by atoms with Crippen molar-refractivity contribution in [3.05, 3.63) is 77.9 Å². The number of nitrogens with zero attached hydrogens (tertiary/aromatic N) is 2. The quantitative estimate of drug-likeness (QED) is 0.338. The average molecular weight is 456 g/mol. The fourth-order valence-corrected chi connectivity index (χ4v) is 4.61. The topological polar surface area (TPSA) is 101 Å². The minimum atomic E-state index is -1.37. The van der Waals surface area contributed by atoms with Crippen molar-refractivity contribution in [1.29, 1.82) is 0 Å². The third-order valence-electron chi connectivity index (χ3n) is 6.36. The lowest BCUT2D eigenvalue weighted by Crippen LogP contribution is -2.47. The van der Waals surface area contributed by atoms with E-state index in [4.69, 9.17) is 9.47 Å². The van der Waals surface area contributed by atoms with Gasteiger partial charge in [0.1, 0.15) is 18.5 Å². The first-order valence-corrected chi connectivity index (χ1v) is 11.0. The van der Waals surface area contributed by atoms with E-state index in [1.54, 1.807) is 24.3 Å². The first-order valence-electron chi connectivity index (χ1n) is 11.0. The van der Waals surface area contributed by atoms with Crippen molar-refractivity contribution in [1.82, 2.24) is 9.47 Å². The Morgan fingerprint density at radius 3 is 2.29 bits per heavy atom. The van der Waals surface area contributed by atoms with Crippen LogP contribution in [0.3, 0.4) is 0 Å². The maximum absolute atomic E-state index is 13.0. The maximum atomic E-state index is 13.0. The van der Waals surface area contributed by atoms with E-state index in [1.807, 2.05) is 47.0 Å². The first kappa shape index (κ1) is 20.4. The molecule has 34 heavy (non-hydrogen) atoms. The largest absolute Gasteiger partial charge is 0.491 e. The summed E-state index contributed by atoms with van der Waals surface area (Å²) in [7, 11) is 0. The zero-order chi connectivity index (χ0) is 23.4. The van der Waals surface area contributed by atoms with Gasteiger partial charge in [-0.25, -0.2) is 4.79 Å². The van der Waals surface area contributed by atoms with Crippen LogP contribution in [0.4, 0.5) is 0 Å². The molecule has 8 heteroatoms. The second kappa shape index (κ2) is 7.71. The fourth-order valence-electron chi connectivity index (χ4n) is 4.61. The molecular weight excluding hydrogens is 436 g/mol. The number of carboxylic acids is 1. The number of carboxylic acid groups (broad SMARTS) is 1. The number of benzene rings is 3. The van der Waals surface area contributed by atoms with Crippen molar-refractivity contribution >= 4 is 39.6 Å². The van der Waals surface area contributed by atoms with Gasteiger partial charge < -0.3 is 19.1 Å². The highest BCUT2D eigenvalue weighted by molar-refractivity contribution is 6.22. The number of carbonyl (C=O) groups is 3. The summed E-state index contributed by atoms with van der Waals surface area (Å²) in [6.45, 7) is 1.10. The molecule has 170 valence electrons. The summed E-state index contributed by atoms with van der Waals surface area (Å²) in [6, 6.07) is 18.3. The van der Waals surface area contributed by atoms with Crippen molar-refractivity contribution in [2.75, 3.05) is 13.2 Å². The van der Waals surface area contributed by atoms with Crippen LogP contribution in [-0.2, 0) is 16.1 Å². The van der Waals surface area contributed by atoms with Crippen LogP contribution >= 0.6 is 0 Å². The molecule has 2 unspecified atom stereocenters. The molecule has 1 fully saturated rings. The monoisotopic (exact) mass is 456 g/mol. The van der Waals surface area contributed by atoms with Crippen LogP contribution < -0.4 is 4.74 Å². The van der Waals surface area contributed by atoms with Gasteiger partial charge in [-0.3, -0.25) is 14.5 Å². The molecule has 0 saturated carbocycles. The Balaban J connectivity index is 1.42. The molecule has 0 aliphatic carbocycles. The van der Waals surface area contributed by atoms with Crippen LogP contribution in [0.15, 0.2) is 66.7 Å². The van der Waals surface area contributed by atoms with Gasteiger partial charge in [0.15, 0.2) is 6.04 Å². The van der Waals surface area contributed by atoms with E-state index in [2.05, 4.69) is 0 Å². The minimum absolute atomic E-state index is 0.0824. The average Bonchev–Trinajstić information content (AvgIpc) is 3.59. The molecule has 0 spiro atoms. The number of para-hydroxylation sites is 1. The smallest absolute Gasteiger partial charge is 0.328 e. The Hall–Kier alpha value is -4.17. The van der Waals surface area contributed by atoms with Crippen LogP contribution in [0, 0.1) is 0 Å². The SMILES string of the molecule is O=C(O)C(Cn1c2ccccc2c2cc(OCC3CO3)ccc21)N1C(=O)c2ccccc2C1=O. The normalized spacial score (nSPS) is 17.9. The number of carbonyl (C=O) groups excluding carboxylic acids is 2. The lowest BCUT2D eigenvalue weighted by atomic mass is 10.1. The van der Waals surface area contributed by atoms with Gasteiger partial charge in [0.2, 0.25) is 0 Å². The Kier molecular flexibility index (Phi) is 4.63. The van der Waals surface area contributed by atoms with Crippen LogP contribution in [0.25, 0.3) is 21.8 Å². The van der Waals surface area contributed by atoms with Crippen molar-refractivity contribution in [2.24, 2.45) is 0 Å². The number of amides is 2. The van der Waals surface area contributed by atoms with Gasteiger partial charge in [0, 0.05) is 21.8 Å². The zero-order valence-corrected chi connectivity index (χ0v) is 18.0. The minimum Gasteiger partial charge on any atom is -0.491 e. The van der Waals surface area contributed by atoms with Crippen molar-refractivity contribution in [3.8, 4) is 5.75 Å². The molecule has 8 nitrogen and oxygen atoms in total. The summed E-state index contributed by atoms with van der Waals surface area (Å²) >= 11 is 0. The molecule has 2 atom stereocenters. The van der Waals surface area contributed by atoms with Crippen molar-refractivity contribution < 1.29 is 29.0 Å². The second-order valence-corrected chi connectivity index (χ2v) is 8.45. The highest BCUT2D eigenvalue weighted by Gasteiger charge is 2.43. The number of epoxide rings is 1. The third-order valence-corrected chi connectivity index (χ3v) is 6.36. The number of rotatable bonds is 7. The number of hydrogen-bond donors (Lipinski definition) is 1. The second-order valence-electron chi connectivity index (χ2n) is 8.45. The number of aromatic nitrogens is 1. The van der Waals surface area contributed by atoms with E-state index < -0.39 is 23.8 Å². The van der Waals surface area contributed by atoms with E-state index in [9.17, 15) is 19.5 Å². The highest BCUT2D eigenvalue weighted by Crippen LogP contribution is 2.33. The Morgan fingerprint density at radius 1 is 0.971 bits per heavy atom. The molecule has 4 aromatic rings. The molecule has 0 radical (unpaired) electrons. The predicted octanol–water partition coefficient (Wildman–Crippen LogP) is 3.32. The molecule has 1 aromatic heterocycles. The van der Waals surface area contributed by atoms with Crippen LogP contribution in [-0.4, -0.2) is 57.7 Å². The van der Waals surface area contributed by atoms with Gasteiger partial charge in [-0.2, -0.15) is 0 Å². The number of fused-ring (bicyclic) bond motifs is 4. The molecule has 1 saturated heterocycles. The summed E-state index contributed by atoms with van der Waals surface area (Å²) in [5.74, 6) is -1.73. The molecule has 2 aliphatic heterocycles. The number of aliphatic carboxylic acids is 1. The Bertz CT molecular complexity index is 1450. The van der Waals surface area contributed by atoms with Crippen LogP contribution in [0.2, 0.25) is 0 Å². The Labute approximate surface area is 193 Å². The zero-order valence-electron chi connectivity index (χ0n) is 18.0. The molecule has 1 N–H and O–H groups in total. The summed E-state index contributed by atoms with van der Waals surface area (Å²) in [5, 5.41) is 11.9. The van der Waals surface area contributed by atoms with Gasteiger partial charge in [-0.1, -0.05) is 30.3 Å². The van der Waals surface area contributed by atoms with Crippen molar-refractivity contribution in [3.63, 3.8) is 0 Å². The van der Waals surface area contributed by atoms with Gasteiger partial charge in [-0.15, -0.1) is 0 Å². The van der Waals surface area contributed by atoms with E-state index in [-0.39, 0.29) is 23.8 Å². The number of imide groups is 1. The summed E-state index contributed by atoms with van der Waals surface area (Å²) in [6.07, 6.45) is 0.132.